The molecule has 0 radical (unpaired) electrons. The van der Waals surface area contributed by atoms with Gasteiger partial charge in [-0.3, -0.25) is 14.4 Å². The van der Waals surface area contributed by atoms with Crippen molar-refractivity contribution in [2.24, 2.45) is 0 Å². The fourth-order valence-corrected chi connectivity index (χ4v) is 2.35. The molecule has 0 saturated heterocycles. The minimum absolute atomic E-state index is 0.00508. The average Bonchev–Trinajstić information content (AvgIpc) is 2.53. The van der Waals surface area contributed by atoms with Crippen molar-refractivity contribution in [1.29, 1.82) is 0 Å². The zero-order valence-electron chi connectivity index (χ0n) is 14.3. The van der Waals surface area contributed by atoms with Crippen LogP contribution in [0.25, 0.3) is 0 Å². The molecule has 1 atom stereocenters. The van der Waals surface area contributed by atoms with Gasteiger partial charge in [0, 0.05) is 39.4 Å². The zero-order valence-corrected chi connectivity index (χ0v) is 14.3. The Bertz CT molecular complexity index is 543. The highest BCUT2D eigenvalue weighted by Crippen LogP contribution is 2.09. The number of benzene rings is 1. The van der Waals surface area contributed by atoms with Gasteiger partial charge in [-0.15, -0.1) is 0 Å². The van der Waals surface area contributed by atoms with Crippen LogP contribution < -0.4 is 5.32 Å². The molecule has 1 aromatic carbocycles. The Morgan fingerprint density at radius 1 is 1.08 bits per heavy atom. The van der Waals surface area contributed by atoms with Crippen LogP contribution in [-0.2, 0) is 20.8 Å². The molecule has 0 saturated carbocycles. The second-order valence-corrected chi connectivity index (χ2v) is 6.03. The molecule has 1 unspecified atom stereocenters. The summed E-state index contributed by atoms with van der Waals surface area (Å²) in [7, 11) is 3.37. The summed E-state index contributed by atoms with van der Waals surface area (Å²) in [5.41, 5.74) is 1.05. The van der Waals surface area contributed by atoms with Crippen molar-refractivity contribution in [3.63, 3.8) is 0 Å². The van der Waals surface area contributed by atoms with Gasteiger partial charge in [0.15, 0.2) is 0 Å². The molecule has 1 aromatic rings. The summed E-state index contributed by atoms with van der Waals surface area (Å²) < 4.78 is 0. The quantitative estimate of drug-likeness (QED) is 0.683. The first kappa shape index (κ1) is 19.7. The van der Waals surface area contributed by atoms with Crippen LogP contribution in [0.1, 0.15) is 37.7 Å². The van der Waals surface area contributed by atoms with Crippen LogP contribution in [0.2, 0.25) is 0 Å². The summed E-state index contributed by atoms with van der Waals surface area (Å²) in [4.78, 5) is 35.9. The first-order valence-electron chi connectivity index (χ1n) is 8.13. The first-order valence-corrected chi connectivity index (χ1v) is 8.13. The van der Waals surface area contributed by atoms with Gasteiger partial charge in [-0.2, -0.15) is 0 Å². The molecule has 0 aliphatic rings. The van der Waals surface area contributed by atoms with Crippen molar-refractivity contribution >= 4 is 17.8 Å². The van der Waals surface area contributed by atoms with E-state index in [-0.39, 0.29) is 30.7 Å². The molecule has 0 fully saturated rings. The Morgan fingerprint density at radius 2 is 1.75 bits per heavy atom. The lowest BCUT2D eigenvalue weighted by Crippen LogP contribution is -2.37. The molecule has 6 nitrogen and oxygen atoms in total. The standard InChI is InChI=1S/C18H26N2O4/c1-20(2)17(22)10-6-9-16(21)19-15(11-12-18(23)24)13-14-7-4-3-5-8-14/h3-5,7-8,15H,6,9-13H2,1-2H3,(H,19,21)(H,23,24). The fraction of sp³-hybridized carbons (Fsp3) is 0.500. The maximum atomic E-state index is 12.1. The highest BCUT2D eigenvalue weighted by Gasteiger charge is 2.15. The smallest absolute Gasteiger partial charge is 0.303 e. The van der Waals surface area contributed by atoms with E-state index in [4.69, 9.17) is 5.11 Å². The number of aliphatic carboxylic acids is 1. The van der Waals surface area contributed by atoms with Gasteiger partial charge >= 0.3 is 5.97 Å². The van der Waals surface area contributed by atoms with Gasteiger partial charge in [0.2, 0.25) is 11.8 Å². The molecule has 0 spiro atoms. The lowest BCUT2D eigenvalue weighted by Gasteiger charge is -2.18. The van der Waals surface area contributed by atoms with E-state index in [0.29, 0.717) is 25.7 Å². The minimum Gasteiger partial charge on any atom is -0.481 e. The normalized spacial score (nSPS) is 11.6. The van der Waals surface area contributed by atoms with Gasteiger partial charge in [-0.05, 0) is 24.8 Å². The van der Waals surface area contributed by atoms with Crippen LogP contribution in [0.3, 0.4) is 0 Å². The Kier molecular flexibility index (Phi) is 8.54. The third-order valence-electron chi connectivity index (χ3n) is 3.69. The van der Waals surface area contributed by atoms with Gasteiger partial charge in [0.1, 0.15) is 0 Å². The summed E-state index contributed by atoms with van der Waals surface area (Å²) in [5.74, 6) is -1.03. The molecular formula is C18H26N2O4. The van der Waals surface area contributed by atoms with E-state index in [1.54, 1.807) is 14.1 Å². The molecule has 0 aliphatic heterocycles. The van der Waals surface area contributed by atoms with Gasteiger partial charge < -0.3 is 15.3 Å². The number of nitrogens with zero attached hydrogens (tertiary/aromatic N) is 1. The summed E-state index contributed by atoms with van der Waals surface area (Å²) in [6, 6.07) is 9.43. The third-order valence-corrected chi connectivity index (χ3v) is 3.69. The summed E-state index contributed by atoms with van der Waals surface area (Å²) in [6.45, 7) is 0. The molecule has 6 heteroatoms. The summed E-state index contributed by atoms with van der Waals surface area (Å²) in [6.07, 6.45) is 2.07. The number of hydrogen-bond acceptors (Lipinski definition) is 3. The van der Waals surface area contributed by atoms with Crippen molar-refractivity contribution in [2.45, 2.75) is 44.6 Å². The molecule has 0 aliphatic carbocycles. The van der Waals surface area contributed by atoms with Crippen molar-refractivity contribution < 1.29 is 19.5 Å². The van der Waals surface area contributed by atoms with Crippen LogP contribution in [0.5, 0.6) is 0 Å². The Balaban J connectivity index is 2.49. The van der Waals surface area contributed by atoms with Crippen molar-refractivity contribution in [2.75, 3.05) is 14.1 Å². The van der Waals surface area contributed by atoms with Gasteiger partial charge in [0.05, 0.1) is 0 Å². The van der Waals surface area contributed by atoms with Crippen LogP contribution in [0.15, 0.2) is 30.3 Å². The second-order valence-electron chi connectivity index (χ2n) is 6.03. The number of hydrogen-bond donors (Lipinski definition) is 2. The van der Waals surface area contributed by atoms with E-state index < -0.39 is 5.97 Å². The van der Waals surface area contributed by atoms with Gasteiger partial charge in [-0.1, -0.05) is 30.3 Å². The highest BCUT2D eigenvalue weighted by atomic mass is 16.4. The van der Waals surface area contributed by atoms with Crippen LogP contribution >= 0.6 is 0 Å². The minimum atomic E-state index is -0.876. The van der Waals surface area contributed by atoms with E-state index in [1.807, 2.05) is 30.3 Å². The van der Waals surface area contributed by atoms with Crippen molar-refractivity contribution in [3.05, 3.63) is 35.9 Å². The number of carboxylic acids is 1. The molecule has 2 amide bonds. The Hall–Kier alpha value is -2.37. The van der Waals surface area contributed by atoms with Crippen LogP contribution in [0, 0.1) is 0 Å². The molecule has 0 aromatic heterocycles. The Morgan fingerprint density at radius 3 is 2.33 bits per heavy atom. The highest BCUT2D eigenvalue weighted by molar-refractivity contribution is 5.79. The van der Waals surface area contributed by atoms with Crippen LogP contribution in [0.4, 0.5) is 0 Å². The van der Waals surface area contributed by atoms with E-state index in [1.165, 1.54) is 4.90 Å². The number of nitrogens with one attached hydrogen (secondary N) is 1. The number of rotatable bonds is 10. The van der Waals surface area contributed by atoms with E-state index in [2.05, 4.69) is 5.32 Å². The average molecular weight is 334 g/mol. The maximum absolute atomic E-state index is 12.1. The van der Waals surface area contributed by atoms with Gasteiger partial charge in [-0.25, -0.2) is 0 Å². The number of carbonyl (C=O) groups excluding carboxylic acids is 2. The lowest BCUT2D eigenvalue weighted by molar-refractivity contribution is -0.137. The van der Waals surface area contributed by atoms with E-state index >= 15 is 0 Å². The molecule has 0 heterocycles. The largest absolute Gasteiger partial charge is 0.481 e. The number of carbonyl (C=O) groups is 3. The zero-order chi connectivity index (χ0) is 17.9. The molecule has 2 N–H and O–H groups in total. The van der Waals surface area contributed by atoms with Crippen LogP contribution in [-0.4, -0.2) is 47.9 Å². The Labute approximate surface area is 142 Å². The molecular weight excluding hydrogens is 308 g/mol. The first-order chi connectivity index (χ1) is 11.4. The molecule has 1 rings (SSSR count). The predicted molar refractivity (Wildman–Crippen MR) is 91.5 cm³/mol. The summed E-state index contributed by atoms with van der Waals surface area (Å²) >= 11 is 0. The van der Waals surface area contributed by atoms with Crippen molar-refractivity contribution in [1.82, 2.24) is 10.2 Å². The summed E-state index contributed by atoms with van der Waals surface area (Å²) in [5, 5.41) is 11.8. The second kappa shape index (κ2) is 10.4. The SMILES string of the molecule is CN(C)C(=O)CCCC(=O)NC(CCC(=O)O)Cc1ccccc1. The molecule has 24 heavy (non-hydrogen) atoms. The van der Waals surface area contributed by atoms with Crippen molar-refractivity contribution in [3.8, 4) is 0 Å². The lowest BCUT2D eigenvalue weighted by atomic mass is 10.0. The maximum Gasteiger partial charge on any atom is 0.303 e. The monoisotopic (exact) mass is 334 g/mol. The van der Waals surface area contributed by atoms with E-state index in [0.717, 1.165) is 5.56 Å². The predicted octanol–water partition coefficient (Wildman–Crippen LogP) is 1.84. The van der Waals surface area contributed by atoms with Gasteiger partial charge in [0.25, 0.3) is 0 Å². The van der Waals surface area contributed by atoms with E-state index in [9.17, 15) is 14.4 Å². The number of carboxylic acid groups (broad SMARTS) is 1. The molecule has 132 valence electrons. The third kappa shape index (κ3) is 8.31. The molecule has 0 bridgehead atoms. The fourth-order valence-electron chi connectivity index (χ4n) is 2.35. The topological polar surface area (TPSA) is 86.7 Å². The number of amides is 2.